The van der Waals surface area contributed by atoms with Crippen LogP contribution in [0, 0.1) is 0 Å². The Kier molecular flexibility index (Phi) is 6.17. The van der Waals surface area contributed by atoms with Crippen LogP contribution >= 0.6 is 0 Å². The first-order chi connectivity index (χ1) is 15.4. The Hall–Kier alpha value is -3.32. The molecule has 4 N–H and O–H groups in total. The van der Waals surface area contributed by atoms with E-state index in [-0.39, 0.29) is 17.1 Å². The molecule has 0 radical (unpaired) electrons. The minimum Gasteiger partial charge on any atom is -0.492 e. The van der Waals surface area contributed by atoms with Gasteiger partial charge >= 0.3 is 6.36 Å². The maximum atomic E-state index is 12.5. The van der Waals surface area contributed by atoms with E-state index in [1.165, 1.54) is 29.3 Å². The van der Waals surface area contributed by atoms with Crippen LogP contribution in [0.4, 0.5) is 30.2 Å². The zero-order chi connectivity index (χ0) is 22.3. The maximum absolute atomic E-state index is 12.5. The zero-order valence-corrected chi connectivity index (χ0v) is 17.3. The van der Waals surface area contributed by atoms with E-state index in [1.54, 1.807) is 5.01 Å². The Labute approximate surface area is 187 Å². The number of halogens is 3. The van der Waals surface area contributed by atoms with Crippen molar-refractivity contribution in [2.45, 2.75) is 6.36 Å². The van der Waals surface area contributed by atoms with Crippen molar-refractivity contribution in [1.82, 2.24) is 10.4 Å². The fourth-order valence-electron chi connectivity index (χ4n) is 3.84. The van der Waals surface area contributed by atoms with Crippen molar-refractivity contribution in [3.05, 3.63) is 60.1 Å². The number of aliphatic hydroxyl groups excluding tert-OH is 1. The number of aliphatic imine (C=N–C) groups is 1. The highest BCUT2D eigenvalue weighted by atomic mass is 19.4. The molecule has 3 heterocycles. The third-order valence-electron chi connectivity index (χ3n) is 5.30. The fourth-order valence-corrected chi connectivity index (χ4v) is 3.84. The van der Waals surface area contributed by atoms with E-state index in [9.17, 15) is 18.3 Å². The molecule has 2 aromatic carbocycles. The van der Waals surface area contributed by atoms with Crippen molar-refractivity contribution >= 4 is 22.8 Å². The number of para-hydroxylation sites is 2. The molecule has 0 atom stereocenters. The number of morpholine rings is 1. The summed E-state index contributed by atoms with van der Waals surface area (Å²) in [5.74, 6) is -0.443. The lowest BCUT2D eigenvalue weighted by Crippen LogP contribution is -2.46. The van der Waals surface area contributed by atoms with Gasteiger partial charge in [-0.05, 0) is 36.4 Å². The lowest BCUT2D eigenvalue weighted by Gasteiger charge is -2.32. The van der Waals surface area contributed by atoms with Crippen LogP contribution in [0.1, 0.15) is 0 Å². The summed E-state index contributed by atoms with van der Waals surface area (Å²) in [4.78, 5) is 6.97. The summed E-state index contributed by atoms with van der Waals surface area (Å²) < 4.78 is 46.7. The number of hydrazine groups is 2. The van der Waals surface area contributed by atoms with Gasteiger partial charge < -0.3 is 20.1 Å². The fraction of sp³-hybridized carbons (Fsp3) is 0.286. The molecule has 0 amide bonds. The number of rotatable bonds is 4. The maximum Gasteiger partial charge on any atom is 0.573 e. The second-order valence-electron chi connectivity index (χ2n) is 7.42. The summed E-state index contributed by atoms with van der Waals surface area (Å²) in [5.41, 5.74) is 6.20. The molecule has 5 rings (SSSR count). The van der Waals surface area contributed by atoms with Crippen molar-refractivity contribution in [2.75, 3.05) is 42.9 Å². The molecule has 2 aromatic rings. The molecule has 1 fully saturated rings. The van der Waals surface area contributed by atoms with Crippen LogP contribution < -0.4 is 20.3 Å². The number of nitrogens with one attached hydrogen (secondary N) is 1. The van der Waals surface area contributed by atoms with Crippen LogP contribution in [0.25, 0.3) is 0 Å². The second-order valence-corrected chi connectivity index (χ2v) is 7.42. The Morgan fingerprint density at radius 1 is 1.03 bits per heavy atom. The number of alkyl halides is 3. The van der Waals surface area contributed by atoms with Gasteiger partial charge in [-0.25, -0.2) is 15.0 Å². The van der Waals surface area contributed by atoms with Gasteiger partial charge in [0.15, 0.2) is 0 Å². The smallest absolute Gasteiger partial charge is 0.492 e. The van der Waals surface area contributed by atoms with Gasteiger partial charge in [0, 0.05) is 19.6 Å². The number of benzene rings is 2. The molecule has 3 aliphatic heterocycles. The second kappa shape index (κ2) is 8.90. The summed E-state index contributed by atoms with van der Waals surface area (Å²) >= 11 is 0. The minimum absolute atomic E-state index is 0. The van der Waals surface area contributed by atoms with E-state index in [0.717, 1.165) is 24.5 Å². The average molecular weight is 465 g/mol. The van der Waals surface area contributed by atoms with Gasteiger partial charge in [-0.1, -0.05) is 12.1 Å². The highest BCUT2D eigenvalue weighted by molar-refractivity contribution is 6.10. The molecule has 1 saturated heterocycles. The third-order valence-corrected chi connectivity index (χ3v) is 5.30. The first kappa shape index (κ1) is 22.9. The molecule has 12 heteroatoms. The quantitative estimate of drug-likeness (QED) is 0.716. The van der Waals surface area contributed by atoms with Crippen LogP contribution in [-0.2, 0) is 4.74 Å². The molecule has 33 heavy (non-hydrogen) atoms. The van der Waals surface area contributed by atoms with Gasteiger partial charge in [0.05, 0.1) is 36.0 Å². The number of ether oxygens (including phenoxy) is 2. The SMILES string of the molecule is O.OC1=C2C(CN3CCOCC3)=Nc3ccccc3N2NN1c1ccc(OC(F)(F)F)cc1. The van der Waals surface area contributed by atoms with E-state index in [0.29, 0.717) is 36.9 Å². The van der Waals surface area contributed by atoms with E-state index in [2.05, 4.69) is 15.2 Å². The van der Waals surface area contributed by atoms with E-state index in [4.69, 9.17) is 9.73 Å². The third kappa shape index (κ3) is 4.59. The molecule has 0 saturated carbocycles. The molecule has 0 bridgehead atoms. The Morgan fingerprint density at radius 2 is 1.73 bits per heavy atom. The monoisotopic (exact) mass is 465 g/mol. The highest BCUT2D eigenvalue weighted by Gasteiger charge is 2.38. The van der Waals surface area contributed by atoms with Gasteiger partial charge in [0.1, 0.15) is 11.4 Å². The average Bonchev–Trinajstić information content (AvgIpc) is 3.12. The summed E-state index contributed by atoms with van der Waals surface area (Å²) in [6, 6.07) is 12.7. The van der Waals surface area contributed by atoms with Gasteiger partial charge in [-0.2, -0.15) is 0 Å². The number of hydrogen-bond acceptors (Lipinski definition) is 8. The first-order valence-electron chi connectivity index (χ1n) is 10.0. The zero-order valence-electron chi connectivity index (χ0n) is 17.3. The molecule has 0 aromatic heterocycles. The van der Waals surface area contributed by atoms with Crippen LogP contribution in [0.3, 0.4) is 0 Å². The number of fused-ring (bicyclic) bond motifs is 3. The number of nitrogens with zero attached hydrogens (tertiary/aromatic N) is 4. The molecular weight excluding hydrogens is 443 g/mol. The Bertz CT molecular complexity index is 1070. The molecule has 9 nitrogen and oxygen atoms in total. The van der Waals surface area contributed by atoms with Crippen LogP contribution in [0.15, 0.2) is 65.1 Å². The van der Waals surface area contributed by atoms with Gasteiger partial charge in [0.2, 0.25) is 5.88 Å². The van der Waals surface area contributed by atoms with Crippen molar-refractivity contribution in [2.24, 2.45) is 4.99 Å². The summed E-state index contributed by atoms with van der Waals surface area (Å²) in [5, 5.41) is 14.2. The molecule has 0 unspecified atom stereocenters. The molecule has 0 spiro atoms. The first-order valence-corrected chi connectivity index (χ1v) is 10.0. The predicted octanol–water partition coefficient (Wildman–Crippen LogP) is 2.65. The Balaban J connectivity index is 0.00000259. The minimum atomic E-state index is -4.77. The van der Waals surface area contributed by atoms with E-state index >= 15 is 0 Å². The summed E-state index contributed by atoms with van der Waals surface area (Å²) in [6.45, 7) is 3.30. The lowest BCUT2D eigenvalue weighted by molar-refractivity contribution is -0.274. The normalized spacial score (nSPS) is 18.5. The van der Waals surface area contributed by atoms with Gasteiger partial charge in [0.25, 0.3) is 0 Å². The van der Waals surface area contributed by atoms with Gasteiger partial charge in [-0.3, -0.25) is 4.90 Å². The van der Waals surface area contributed by atoms with Crippen LogP contribution in [0.2, 0.25) is 0 Å². The molecule has 176 valence electrons. The van der Waals surface area contributed by atoms with Crippen LogP contribution in [-0.4, -0.2) is 60.4 Å². The van der Waals surface area contributed by atoms with Crippen LogP contribution in [0.5, 0.6) is 5.75 Å². The Morgan fingerprint density at radius 3 is 2.42 bits per heavy atom. The summed E-state index contributed by atoms with van der Waals surface area (Å²) in [6.07, 6.45) is -4.77. The highest BCUT2D eigenvalue weighted by Crippen LogP contribution is 2.40. The topological polar surface area (TPSA) is 104 Å². The van der Waals surface area contributed by atoms with Crippen molar-refractivity contribution in [3.8, 4) is 5.75 Å². The van der Waals surface area contributed by atoms with Crippen molar-refractivity contribution < 1.29 is 33.2 Å². The van der Waals surface area contributed by atoms with Crippen molar-refractivity contribution in [1.29, 1.82) is 0 Å². The van der Waals surface area contributed by atoms with Crippen molar-refractivity contribution in [3.63, 3.8) is 0 Å². The molecular formula is C21H22F3N5O4. The summed E-state index contributed by atoms with van der Waals surface area (Å²) in [7, 11) is 0. The largest absolute Gasteiger partial charge is 0.573 e. The lowest BCUT2D eigenvalue weighted by atomic mass is 10.1. The molecule has 0 aliphatic carbocycles. The number of anilines is 2. The van der Waals surface area contributed by atoms with E-state index in [1.807, 2.05) is 24.3 Å². The number of hydrogen-bond donors (Lipinski definition) is 2. The predicted molar refractivity (Wildman–Crippen MR) is 115 cm³/mol. The van der Waals surface area contributed by atoms with Gasteiger partial charge in [-0.15, -0.1) is 18.7 Å². The number of aliphatic hydroxyl groups is 1. The molecule has 3 aliphatic rings. The van der Waals surface area contributed by atoms with E-state index < -0.39 is 6.36 Å². The standard InChI is InChI=1S/C21H20F3N5O3.H2O/c22-21(23,24)32-15-7-5-14(6-8-15)28-20(30)19-17(13-27-9-11-31-12-10-27)25-16-3-1-2-4-18(16)29(19)26-28;/h1-8,26,30H,9-13H2;1H2.